The largest absolute Gasteiger partial charge is 0.383 e. The van der Waals surface area contributed by atoms with Crippen LogP contribution in [0.5, 0.6) is 0 Å². The monoisotopic (exact) mass is 261 g/mol. The Morgan fingerprint density at radius 3 is 2.79 bits per heavy atom. The van der Waals surface area contributed by atoms with E-state index in [0.717, 1.165) is 12.0 Å². The Hall–Kier alpha value is -1.35. The lowest BCUT2D eigenvalue weighted by Crippen LogP contribution is -2.36. The van der Waals surface area contributed by atoms with Crippen molar-refractivity contribution in [1.82, 2.24) is 5.32 Å². The SMILES string of the molecule is COC[C@H](C)NC(=O)Cc1ccc2c(c1)CCCC2. The Kier molecular flexibility index (Phi) is 4.97. The minimum absolute atomic E-state index is 0.0649. The van der Waals surface area contributed by atoms with Gasteiger partial charge in [-0.05, 0) is 49.3 Å². The number of hydrogen-bond donors (Lipinski definition) is 1. The molecule has 1 aliphatic carbocycles. The Morgan fingerprint density at radius 2 is 2.05 bits per heavy atom. The van der Waals surface area contributed by atoms with Crippen LogP contribution in [0, 0.1) is 0 Å². The normalized spacial score (nSPS) is 15.7. The van der Waals surface area contributed by atoms with Gasteiger partial charge in [-0.15, -0.1) is 0 Å². The first-order valence-electron chi connectivity index (χ1n) is 7.08. The van der Waals surface area contributed by atoms with Crippen molar-refractivity contribution < 1.29 is 9.53 Å². The van der Waals surface area contributed by atoms with Crippen LogP contribution in [0.25, 0.3) is 0 Å². The van der Waals surface area contributed by atoms with Crippen LogP contribution >= 0.6 is 0 Å². The van der Waals surface area contributed by atoms with Crippen molar-refractivity contribution >= 4 is 5.91 Å². The summed E-state index contributed by atoms with van der Waals surface area (Å²) >= 11 is 0. The van der Waals surface area contributed by atoms with E-state index in [0.29, 0.717) is 13.0 Å². The molecule has 0 saturated heterocycles. The van der Waals surface area contributed by atoms with Gasteiger partial charge in [0.25, 0.3) is 0 Å². The minimum Gasteiger partial charge on any atom is -0.383 e. The van der Waals surface area contributed by atoms with Gasteiger partial charge in [0.2, 0.25) is 5.91 Å². The molecule has 0 saturated carbocycles. The van der Waals surface area contributed by atoms with Crippen molar-refractivity contribution in [1.29, 1.82) is 0 Å². The van der Waals surface area contributed by atoms with E-state index in [1.807, 2.05) is 6.92 Å². The highest BCUT2D eigenvalue weighted by Crippen LogP contribution is 2.22. The third-order valence-electron chi connectivity index (χ3n) is 3.60. The van der Waals surface area contributed by atoms with E-state index < -0.39 is 0 Å². The van der Waals surface area contributed by atoms with Gasteiger partial charge < -0.3 is 10.1 Å². The fraction of sp³-hybridized carbons (Fsp3) is 0.562. The van der Waals surface area contributed by atoms with Gasteiger partial charge in [-0.3, -0.25) is 4.79 Å². The Balaban J connectivity index is 1.93. The zero-order valence-corrected chi connectivity index (χ0v) is 11.9. The maximum atomic E-state index is 11.9. The summed E-state index contributed by atoms with van der Waals surface area (Å²) in [5.41, 5.74) is 4.01. The van der Waals surface area contributed by atoms with Crippen molar-refractivity contribution in [3.8, 4) is 0 Å². The molecule has 2 rings (SSSR count). The maximum absolute atomic E-state index is 11.9. The molecule has 1 atom stereocenters. The van der Waals surface area contributed by atoms with Gasteiger partial charge in [0.1, 0.15) is 0 Å². The molecule has 1 aromatic rings. The second-order valence-corrected chi connectivity index (χ2v) is 5.41. The molecular formula is C16H23NO2. The van der Waals surface area contributed by atoms with Crippen molar-refractivity contribution in [2.45, 2.75) is 45.1 Å². The first kappa shape index (κ1) is 14.1. The molecule has 19 heavy (non-hydrogen) atoms. The van der Waals surface area contributed by atoms with E-state index >= 15 is 0 Å². The van der Waals surface area contributed by atoms with Gasteiger partial charge >= 0.3 is 0 Å². The summed E-state index contributed by atoms with van der Waals surface area (Å²) in [6.45, 7) is 2.50. The number of amides is 1. The van der Waals surface area contributed by atoms with Gasteiger partial charge in [-0.25, -0.2) is 0 Å². The molecule has 1 N–H and O–H groups in total. The number of aryl methyl sites for hydroxylation is 2. The average Bonchev–Trinajstić information content (AvgIpc) is 2.38. The minimum atomic E-state index is 0.0649. The third kappa shape index (κ3) is 4.06. The number of methoxy groups -OCH3 is 1. The predicted molar refractivity (Wildman–Crippen MR) is 76.3 cm³/mol. The molecule has 104 valence electrons. The molecule has 0 bridgehead atoms. The second-order valence-electron chi connectivity index (χ2n) is 5.41. The van der Waals surface area contributed by atoms with Crippen molar-refractivity contribution in [3.05, 3.63) is 34.9 Å². The molecule has 1 amide bonds. The molecule has 0 aliphatic heterocycles. The number of rotatable bonds is 5. The highest BCUT2D eigenvalue weighted by Gasteiger charge is 2.12. The summed E-state index contributed by atoms with van der Waals surface area (Å²) in [6, 6.07) is 6.55. The maximum Gasteiger partial charge on any atom is 0.224 e. The Bertz CT molecular complexity index is 442. The molecule has 3 heteroatoms. The molecule has 3 nitrogen and oxygen atoms in total. The van der Waals surface area contributed by atoms with E-state index in [2.05, 4.69) is 23.5 Å². The number of carbonyl (C=O) groups is 1. The predicted octanol–water partition coefficient (Wildman–Crippen LogP) is 2.26. The molecular weight excluding hydrogens is 238 g/mol. The number of ether oxygens (including phenoxy) is 1. The number of carbonyl (C=O) groups excluding carboxylic acids is 1. The van der Waals surface area contributed by atoms with E-state index in [1.165, 1.54) is 30.4 Å². The molecule has 0 heterocycles. The van der Waals surface area contributed by atoms with Gasteiger partial charge in [0.05, 0.1) is 13.0 Å². The summed E-state index contributed by atoms with van der Waals surface area (Å²) in [5.74, 6) is 0.0697. The van der Waals surface area contributed by atoms with Gasteiger partial charge in [0.15, 0.2) is 0 Å². The standard InChI is InChI=1S/C16H23NO2/c1-12(11-19-2)17-16(18)10-13-7-8-14-5-3-4-6-15(14)9-13/h7-9,12H,3-6,10-11H2,1-2H3,(H,17,18)/t12-/m0/s1. The highest BCUT2D eigenvalue weighted by molar-refractivity contribution is 5.78. The quantitative estimate of drug-likeness (QED) is 0.883. The van der Waals surface area contributed by atoms with Gasteiger partial charge in [0, 0.05) is 13.2 Å². The van der Waals surface area contributed by atoms with Crippen LogP contribution in [-0.4, -0.2) is 25.7 Å². The van der Waals surface area contributed by atoms with Crippen molar-refractivity contribution in [3.63, 3.8) is 0 Å². The molecule has 1 aromatic carbocycles. The summed E-state index contributed by atoms with van der Waals surface area (Å²) in [6.07, 6.45) is 5.37. The van der Waals surface area contributed by atoms with Crippen LogP contribution in [0.2, 0.25) is 0 Å². The van der Waals surface area contributed by atoms with Crippen LogP contribution in [0.3, 0.4) is 0 Å². The average molecular weight is 261 g/mol. The van der Waals surface area contributed by atoms with Gasteiger partial charge in [-0.2, -0.15) is 0 Å². The van der Waals surface area contributed by atoms with Crippen LogP contribution in [-0.2, 0) is 28.8 Å². The fourth-order valence-corrected chi connectivity index (χ4v) is 2.70. The summed E-state index contributed by atoms with van der Waals surface area (Å²) in [5, 5.41) is 2.95. The van der Waals surface area contributed by atoms with Crippen LogP contribution in [0.15, 0.2) is 18.2 Å². The third-order valence-corrected chi connectivity index (χ3v) is 3.60. The lowest BCUT2D eigenvalue weighted by molar-refractivity contribution is -0.121. The first-order chi connectivity index (χ1) is 9.19. The topological polar surface area (TPSA) is 38.3 Å². The first-order valence-corrected chi connectivity index (χ1v) is 7.08. The lowest BCUT2D eigenvalue weighted by atomic mass is 9.90. The highest BCUT2D eigenvalue weighted by atomic mass is 16.5. The lowest BCUT2D eigenvalue weighted by Gasteiger charge is -2.17. The van der Waals surface area contributed by atoms with E-state index in [9.17, 15) is 4.79 Å². The van der Waals surface area contributed by atoms with E-state index in [4.69, 9.17) is 4.74 Å². The van der Waals surface area contributed by atoms with Crippen molar-refractivity contribution in [2.75, 3.05) is 13.7 Å². The van der Waals surface area contributed by atoms with E-state index in [1.54, 1.807) is 7.11 Å². The van der Waals surface area contributed by atoms with Crippen LogP contribution < -0.4 is 5.32 Å². The zero-order chi connectivity index (χ0) is 13.7. The number of nitrogens with one attached hydrogen (secondary N) is 1. The number of benzene rings is 1. The molecule has 0 spiro atoms. The molecule has 1 aliphatic rings. The molecule has 0 unspecified atom stereocenters. The molecule has 0 radical (unpaired) electrons. The molecule has 0 fully saturated rings. The Morgan fingerprint density at radius 1 is 1.32 bits per heavy atom. The van der Waals surface area contributed by atoms with Crippen LogP contribution in [0.1, 0.15) is 36.5 Å². The van der Waals surface area contributed by atoms with Gasteiger partial charge in [-0.1, -0.05) is 18.2 Å². The second kappa shape index (κ2) is 6.71. The van der Waals surface area contributed by atoms with Crippen LogP contribution in [0.4, 0.5) is 0 Å². The smallest absolute Gasteiger partial charge is 0.224 e. The molecule has 0 aromatic heterocycles. The summed E-state index contributed by atoms with van der Waals surface area (Å²) < 4.78 is 5.01. The van der Waals surface area contributed by atoms with Crippen molar-refractivity contribution in [2.24, 2.45) is 0 Å². The zero-order valence-electron chi connectivity index (χ0n) is 11.9. The number of hydrogen-bond acceptors (Lipinski definition) is 2. The summed E-state index contributed by atoms with van der Waals surface area (Å²) in [4.78, 5) is 11.9. The summed E-state index contributed by atoms with van der Waals surface area (Å²) in [7, 11) is 1.64. The Labute approximate surface area is 115 Å². The number of fused-ring (bicyclic) bond motifs is 1. The van der Waals surface area contributed by atoms with E-state index in [-0.39, 0.29) is 11.9 Å². The fourth-order valence-electron chi connectivity index (χ4n) is 2.70.